The number of hydrogen-bond acceptors (Lipinski definition) is 6. The minimum atomic E-state index is -0.614. The zero-order valence-electron chi connectivity index (χ0n) is 19.8. The van der Waals surface area contributed by atoms with Gasteiger partial charge in [-0.05, 0) is 61.4 Å². The van der Waals surface area contributed by atoms with Gasteiger partial charge in [0.05, 0.1) is 7.11 Å². The minimum Gasteiger partial charge on any atom is -0.497 e. The van der Waals surface area contributed by atoms with Crippen molar-refractivity contribution >= 4 is 45.2 Å². The standard InChI is InChI=1S/C26H27N7O2/c1-15-10-17-11-18(4-7-23(17)33(15)2)30-24-13-22(25(27)34)31-26(32-24)28-9-8-16-14-29-21-6-5-19(35-3)12-20(16)21/h4-7,10-14,29H,8-9H2,1-3H3,(H2,27,34)(H2,28,30,31,32). The maximum absolute atomic E-state index is 11.9. The number of nitrogens with one attached hydrogen (secondary N) is 3. The molecule has 5 N–H and O–H groups in total. The highest BCUT2D eigenvalue weighted by molar-refractivity contribution is 5.92. The van der Waals surface area contributed by atoms with E-state index in [9.17, 15) is 4.79 Å². The Morgan fingerprint density at radius 1 is 1.14 bits per heavy atom. The van der Waals surface area contributed by atoms with Crippen LogP contribution in [0.2, 0.25) is 0 Å². The van der Waals surface area contributed by atoms with Crippen molar-refractivity contribution in [3.8, 4) is 5.75 Å². The van der Waals surface area contributed by atoms with Crippen LogP contribution in [0.25, 0.3) is 21.8 Å². The molecule has 9 nitrogen and oxygen atoms in total. The smallest absolute Gasteiger partial charge is 0.267 e. The van der Waals surface area contributed by atoms with Gasteiger partial charge >= 0.3 is 0 Å². The lowest BCUT2D eigenvalue weighted by atomic mass is 10.1. The molecule has 0 radical (unpaired) electrons. The number of ether oxygens (including phenoxy) is 1. The largest absolute Gasteiger partial charge is 0.497 e. The van der Waals surface area contributed by atoms with Gasteiger partial charge in [0, 0.05) is 59.0 Å². The molecular weight excluding hydrogens is 442 g/mol. The van der Waals surface area contributed by atoms with E-state index in [1.807, 2.05) is 43.6 Å². The van der Waals surface area contributed by atoms with Gasteiger partial charge in [0.15, 0.2) is 0 Å². The SMILES string of the molecule is COc1ccc2[nH]cc(CCNc3nc(Nc4ccc5c(c4)cc(C)n5C)cc(C(N)=O)n3)c2c1. The first kappa shape index (κ1) is 22.3. The van der Waals surface area contributed by atoms with Gasteiger partial charge in [-0.2, -0.15) is 4.98 Å². The summed E-state index contributed by atoms with van der Waals surface area (Å²) in [5.41, 5.74) is 11.0. The number of fused-ring (bicyclic) bond motifs is 2. The third-order valence-corrected chi connectivity index (χ3v) is 6.19. The summed E-state index contributed by atoms with van der Waals surface area (Å²) in [7, 11) is 3.70. The molecule has 0 fully saturated rings. The molecule has 178 valence electrons. The van der Waals surface area contributed by atoms with Crippen molar-refractivity contribution in [2.75, 3.05) is 24.3 Å². The number of primary amides is 1. The van der Waals surface area contributed by atoms with E-state index >= 15 is 0 Å². The van der Waals surface area contributed by atoms with Crippen LogP contribution >= 0.6 is 0 Å². The van der Waals surface area contributed by atoms with Gasteiger partial charge in [-0.1, -0.05) is 0 Å². The number of aromatic amines is 1. The maximum atomic E-state index is 11.9. The van der Waals surface area contributed by atoms with Crippen molar-refractivity contribution in [3.05, 3.63) is 71.7 Å². The quantitative estimate of drug-likeness (QED) is 0.269. The van der Waals surface area contributed by atoms with Crippen molar-refractivity contribution in [3.63, 3.8) is 0 Å². The maximum Gasteiger partial charge on any atom is 0.267 e. The first-order valence-corrected chi connectivity index (χ1v) is 11.3. The molecular formula is C26H27N7O2. The highest BCUT2D eigenvalue weighted by Crippen LogP contribution is 2.26. The first-order chi connectivity index (χ1) is 16.9. The summed E-state index contributed by atoms with van der Waals surface area (Å²) in [6.07, 6.45) is 2.71. The van der Waals surface area contributed by atoms with Crippen molar-refractivity contribution in [2.45, 2.75) is 13.3 Å². The third kappa shape index (κ3) is 4.48. The lowest BCUT2D eigenvalue weighted by molar-refractivity contribution is 0.0995. The molecule has 3 aromatic heterocycles. The van der Waals surface area contributed by atoms with Crippen LogP contribution in [-0.4, -0.2) is 39.1 Å². The molecule has 0 atom stereocenters. The number of hydrogen-bond donors (Lipinski definition) is 4. The van der Waals surface area contributed by atoms with Crippen LogP contribution in [0.5, 0.6) is 5.75 Å². The van der Waals surface area contributed by atoms with Gasteiger partial charge in [-0.3, -0.25) is 4.79 Å². The number of rotatable bonds is 8. The van der Waals surface area contributed by atoms with E-state index in [1.54, 1.807) is 13.2 Å². The van der Waals surface area contributed by atoms with Crippen LogP contribution in [0.3, 0.4) is 0 Å². The summed E-state index contributed by atoms with van der Waals surface area (Å²) in [6, 6.07) is 15.7. The van der Waals surface area contributed by atoms with E-state index in [0.717, 1.165) is 45.2 Å². The highest BCUT2D eigenvalue weighted by atomic mass is 16.5. The van der Waals surface area contributed by atoms with Crippen LogP contribution in [0.15, 0.2) is 54.7 Å². The molecule has 9 heteroatoms. The van der Waals surface area contributed by atoms with Crippen molar-refractivity contribution in [1.82, 2.24) is 19.5 Å². The van der Waals surface area contributed by atoms with Crippen molar-refractivity contribution < 1.29 is 9.53 Å². The van der Waals surface area contributed by atoms with Gasteiger partial charge in [-0.25, -0.2) is 4.98 Å². The fourth-order valence-corrected chi connectivity index (χ4v) is 4.23. The van der Waals surface area contributed by atoms with E-state index < -0.39 is 5.91 Å². The van der Waals surface area contributed by atoms with Crippen LogP contribution in [0.4, 0.5) is 17.5 Å². The zero-order chi connectivity index (χ0) is 24.5. The van der Waals surface area contributed by atoms with Crippen LogP contribution < -0.4 is 21.1 Å². The molecule has 0 aliphatic heterocycles. The molecule has 0 saturated heterocycles. The molecule has 0 spiro atoms. The predicted molar refractivity (Wildman–Crippen MR) is 139 cm³/mol. The molecule has 0 bridgehead atoms. The number of anilines is 3. The Balaban J connectivity index is 1.34. The third-order valence-electron chi connectivity index (χ3n) is 6.19. The van der Waals surface area contributed by atoms with Gasteiger partial charge in [0.2, 0.25) is 5.95 Å². The fourth-order valence-electron chi connectivity index (χ4n) is 4.23. The van der Waals surface area contributed by atoms with E-state index in [1.165, 1.54) is 5.69 Å². The summed E-state index contributed by atoms with van der Waals surface area (Å²) >= 11 is 0. The predicted octanol–water partition coefficient (Wildman–Crippen LogP) is 4.26. The second kappa shape index (κ2) is 9.02. The average Bonchev–Trinajstić information content (AvgIpc) is 3.38. The Labute approximate surface area is 202 Å². The number of methoxy groups -OCH3 is 1. The van der Waals surface area contributed by atoms with E-state index in [2.05, 4.69) is 49.2 Å². The Hall–Kier alpha value is -4.53. The number of benzene rings is 2. The lowest BCUT2D eigenvalue weighted by Gasteiger charge is -2.11. The van der Waals surface area contributed by atoms with Crippen LogP contribution in [-0.2, 0) is 13.5 Å². The molecule has 0 aliphatic carbocycles. The van der Waals surface area contributed by atoms with Gasteiger partial charge in [0.1, 0.15) is 17.3 Å². The summed E-state index contributed by atoms with van der Waals surface area (Å²) in [4.78, 5) is 24.0. The Bertz CT molecular complexity index is 1550. The second-order valence-electron chi connectivity index (χ2n) is 8.47. The van der Waals surface area contributed by atoms with E-state index in [-0.39, 0.29) is 5.69 Å². The fraction of sp³-hybridized carbons (Fsp3) is 0.192. The van der Waals surface area contributed by atoms with Crippen LogP contribution in [0, 0.1) is 6.92 Å². The number of nitrogens with zero attached hydrogens (tertiary/aromatic N) is 3. The summed E-state index contributed by atoms with van der Waals surface area (Å²) in [5, 5.41) is 8.72. The number of aromatic nitrogens is 4. The van der Waals surface area contributed by atoms with Gasteiger partial charge in [-0.15, -0.1) is 0 Å². The zero-order valence-corrected chi connectivity index (χ0v) is 19.8. The number of H-pyrrole nitrogens is 1. The summed E-state index contributed by atoms with van der Waals surface area (Å²) in [5.74, 6) is 1.01. The Morgan fingerprint density at radius 3 is 2.80 bits per heavy atom. The molecule has 0 unspecified atom stereocenters. The second-order valence-corrected chi connectivity index (χ2v) is 8.47. The van der Waals surface area contributed by atoms with Gasteiger partial charge < -0.3 is 30.7 Å². The molecule has 35 heavy (non-hydrogen) atoms. The molecule has 0 saturated carbocycles. The van der Waals surface area contributed by atoms with Crippen molar-refractivity contribution in [1.29, 1.82) is 0 Å². The number of aryl methyl sites for hydroxylation is 2. The number of nitrogens with two attached hydrogens (primary N) is 1. The molecule has 5 aromatic rings. The number of carbonyl (C=O) groups is 1. The first-order valence-electron chi connectivity index (χ1n) is 11.3. The molecule has 3 heterocycles. The van der Waals surface area contributed by atoms with E-state index in [0.29, 0.717) is 18.3 Å². The monoisotopic (exact) mass is 469 g/mol. The number of carbonyl (C=O) groups excluding carboxylic acids is 1. The Morgan fingerprint density at radius 2 is 2.00 bits per heavy atom. The van der Waals surface area contributed by atoms with Gasteiger partial charge in [0.25, 0.3) is 5.91 Å². The normalized spacial score (nSPS) is 11.2. The van der Waals surface area contributed by atoms with Crippen molar-refractivity contribution in [2.24, 2.45) is 12.8 Å². The summed E-state index contributed by atoms with van der Waals surface area (Å²) < 4.78 is 7.49. The average molecular weight is 470 g/mol. The highest BCUT2D eigenvalue weighted by Gasteiger charge is 2.11. The molecule has 5 rings (SSSR count). The molecule has 0 aliphatic rings. The van der Waals surface area contributed by atoms with Crippen LogP contribution in [0.1, 0.15) is 21.7 Å². The molecule has 2 aromatic carbocycles. The minimum absolute atomic E-state index is 0.137. The van der Waals surface area contributed by atoms with E-state index in [4.69, 9.17) is 10.5 Å². The lowest BCUT2D eigenvalue weighted by Crippen LogP contribution is -2.17. The molecule has 1 amide bonds. The number of amides is 1. The summed E-state index contributed by atoms with van der Waals surface area (Å²) in [6.45, 7) is 2.64. The Kier molecular flexibility index (Phi) is 5.74. The topological polar surface area (TPSA) is 123 Å².